The summed E-state index contributed by atoms with van der Waals surface area (Å²) in [5, 5.41) is 3.85. The van der Waals surface area contributed by atoms with Gasteiger partial charge in [0, 0.05) is 24.7 Å². The van der Waals surface area contributed by atoms with Crippen molar-refractivity contribution in [3.63, 3.8) is 0 Å². The molecule has 1 saturated heterocycles. The molecule has 0 spiro atoms. The zero-order chi connectivity index (χ0) is 15.4. The van der Waals surface area contributed by atoms with E-state index in [9.17, 15) is 4.39 Å². The summed E-state index contributed by atoms with van der Waals surface area (Å²) in [7, 11) is 0. The lowest BCUT2D eigenvalue weighted by molar-refractivity contribution is 0.206. The van der Waals surface area contributed by atoms with Crippen LogP contribution in [0.5, 0.6) is 0 Å². The molecular formula is C16H18ClFN4. The number of aromatic nitrogens is 2. The summed E-state index contributed by atoms with van der Waals surface area (Å²) in [4.78, 5) is 10.6. The monoisotopic (exact) mass is 320 g/mol. The van der Waals surface area contributed by atoms with E-state index in [0.717, 1.165) is 31.5 Å². The van der Waals surface area contributed by atoms with Crippen LogP contribution in [-0.2, 0) is 6.54 Å². The molecule has 0 aliphatic carbocycles. The highest BCUT2D eigenvalue weighted by Gasteiger charge is 2.21. The van der Waals surface area contributed by atoms with Gasteiger partial charge in [0.1, 0.15) is 5.82 Å². The molecule has 0 saturated carbocycles. The first kappa shape index (κ1) is 15.2. The SMILES string of the molecule is Fc1ccccc1CN1CCCC(Nc2ncc(Cl)cn2)C1. The zero-order valence-electron chi connectivity index (χ0n) is 12.2. The third kappa shape index (κ3) is 3.93. The molecular weight excluding hydrogens is 303 g/mol. The van der Waals surface area contributed by atoms with Gasteiger partial charge in [-0.3, -0.25) is 4.90 Å². The molecule has 0 bridgehead atoms. The Kier molecular flexibility index (Phi) is 4.85. The molecule has 1 N–H and O–H groups in total. The molecule has 1 aliphatic rings. The predicted molar refractivity (Wildman–Crippen MR) is 85.4 cm³/mol. The third-order valence-corrected chi connectivity index (χ3v) is 4.01. The van der Waals surface area contributed by atoms with Crippen molar-refractivity contribution in [2.24, 2.45) is 0 Å². The first-order valence-electron chi connectivity index (χ1n) is 7.40. The van der Waals surface area contributed by atoms with Gasteiger partial charge in [-0.15, -0.1) is 0 Å². The fraction of sp³-hybridized carbons (Fsp3) is 0.375. The topological polar surface area (TPSA) is 41.0 Å². The molecule has 0 amide bonds. The number of halogens is 2. The zero-order valence-corrected chi connectivity index (χ0v) is 12.9. The van der Waals surface area contributed by atoms with Crippen LogP contribution in [0.1, 0.15) is 18.4 Å². The number of hydrogen-bond acceptors (Lipinski definition) is 4. The Morgan fingerprint density at radius 3 is 2.82 bits per heavy atom. The number of rotatable bonds is 4. The molecule has 2 aromatic rings. The number of nitrogens with zero attached hydrogens (tertiary/aromatic N) is 3. The van der Waals surface area contributed by atoms with Crippen LogP contribution < -0.4 is 5.32 Å². The number of hydrogen-bond donors (Lipinski definition) is 1. The fourth-order valence-corrected chi connectivity index (χ4v) is 2.85. The Hall–Kier alpha value is -1.72. The molecule has 3 rings (SSSR count). The molecule has 116 valence electrons. The van der Waals surface area contributed by atoms with E-state index in [4.69, 9.17) is 11.6 Å². The van der Waals surface area contributed by atoms with E-state index >= 15 is 0 Å². The van der Waals surface area contributed by atoms with Gasteiger partial charge in [0.15, 0.2) is 0 Å². The van der Waals surface area contributed by atoms with Crippen molar-refractivity contribution >= 4 is 17.5 Å². The fourth-order valence-electron chi connectivity index (χ4n) is 2.75. The Morgan fingerprint density at radius 2 is 2.05 bits per heavy atom. The van der Waals surface area contributed by atoms with Crippen molar-refractivity contribution in [1.82, 2.24) is 14.9 Å². The summed E-state index contributed by atoms with van der Waals surface area (Å²) >= 11 is 5.79. The number of nitrogens with one attached hydrogen (secondary N) is 1. The summed E-state index contributed by atoms with van der Waals surface area (Å²) in [6, 6.07) is 7.21. The normalized spacial score (nSPS) is 19.1. The smallest absolute Gasteiger partial charge is 0.222 e. The van der Waals surface area contributed by atoms with Gasteiger partial charge < -0.3 is 5.32 Å². The second-order valence-corrected chi connectivity index (χ2v) is 5.97. The van der Waals surface area contributed by atoms with Crippen LogP contribution in [0.25, 0.3) is 0 Å². The van der Waals surface area contributed by atoms with Crippen LogP contribution in [0.15, 0.2) is 36.7 Å². The first-order chi connectivity index (χ1) is 10.7. The maximum Gasteiger partial charge on any atom is 0.222 e. The van der Waals surface area contributed by atoms with Gasteiger partial charge in [-0.1, -0.05) is 29.8 Å². The summed E-state index contributed by atoms with van der Waals surface area (Å²) in [6.45, 7) is 2.46. The Morgan fingerprint density at radius 1 is 1.27 bits per heavy atom. The lowest BCUT2D eigenvalue weighted by Gasteiger charge is -2.33. The lowest BCUT2D eigenvalue weighted by Crippen LogP contribution is -2.42. The third-order valence-electron chi connectivity index (χ3n) is 3.81. The van der Waals surface area contributed by atoms with Gasteiger partial charge in [-0.05, 0) is 25.5 Å². The number of piperidine rings is 1. The maximum absolute atomic E-state index is 13.8. The second-order valence-electron chi connectivity index (χ2n) is 5.53. The minimum Gasteiger partial charge on any atom is -0.350 e. The van der Waals surface area contributed by atoms with Gasteiger partial charge in [0.2, 0.25) is 5.95 Å². The van der Waals surface area contributed by atoms with Crippen LogP contribution in [0.3, 0.4) is 0 Å². The van der Waals surface area contributed by atoms with Crippen molar-refractivity contribution in [3.05, 3.63) is 53.1 Å². The van der Waals surface area contributed by atoms with Crippen LogP contribution in [0, 0.1) is 5.82 Å². The van der Waals surface area contributed by atoms with E-state index in [1.807, 2.05) is 12.1 Å². The summed E-state index contributed by atoms with van der Waals surface area (Å²) in [5.74, 6) is 0.445. The standard InChI is InChI=1S/C16H18ClFN4/c17-13-8-19-16(20-9-13)21-14-5-3-7-22(11-14)10-12-4-1-2-6-15(12)18/h1-2,4,6,8-9,14H,3,5,7,10-11H2,(H,19,20,21). The van der Waals surface area contributed by atoms with E-state index < -0.39 is 0 Å². The molecule has 6 heteroatoms. The molecule has 22 heavy (non-hydrogen) atoms. The van der Waals surface area contributed by atoms with Crippen molar-refractivity contribution in [1.29, 1.82) is 0 Å². The quantitative estimate of drug-likeness (QED) is 0.938. The maximum atomic E-state index is 13.8. The predicted octanol–water partition coefficient (Wildman–Crippen LogP) is 3.35. The highest BCUT2D eigenvalue weighted by molar-refractivity contribution is 6.30. The molecule has 1 aromatic heterocycles. The van der Waals surface area contributed by atoms with Crippen LogP contribution >= 0.6 is 11.6 Å². The Bertz CT molecular complexity index is 620. The van der Waals surface area contributed by atoms with Crippen LogP contribution in [-0.4, -0.2) is 34.0 Å². The summed E-state index contributed by atoms with van der Waals surface area (Å²) in [5.41, 5.74) is 0.742. The molecule has 4 nitrogen and oxygen atoms in total. The molecule has 0 radical (unpaired) electrons. The highest BCUT2D eigenvalue weighted by Crippen LogP contribution is 2.18. The summed E-state index contributed by atoms with van der Waals surface area (Å²) in [6.07, 6.45) is 5.28. The van der Waals surface area contributed by atoms with E-state index in [0.29, 0.717) is 17.5 Å². The van der Waals surface area contributed by atoms with E-state index in [1.54, 1.807) is 18.5 Å². The van der Waals surface area contributed by atoms with E-state index in [-0.39, 0.29) is 11.9 Å². The number of benzene rings is 1. The van der Waals surface area contributed by atoms with Crippen molar-refractivity contribution in [3.8, 4) is 0 Å². The van der Waals surface area contributed by atoms with Crippen molar-refractivity contribution in [2.45, 2.75) is 25.4 Å². The van der Waals surface area contributed by atoms with Crippen molar-refractivity contribution in [2.75, 3.05) is 18.4 Å². The van der Waals surface area contributed by atoms with Gasteiger partial charge >= 0.3 is 0 Å². The van der Waals surface area contributed by atoms with Gasteiger partial charge in [-0.2, -0.15) is 0 Å². The molecule has 1 unspecified atom stereocenters. The molecule has 1 aliphatic heterocycles. The summed E-state index contributed by atoms with van der Waals surface area (Å²) < 4.78 is 13.8. The van der Waals surface area contributed by atoms with Crippen LogP contribution in [0.4, 0.5) is 10.3 Å². The van der Waals surface area contributed by atoms with Gasteiger partial charge in [-0.25, -0.2) is 14.4 Å². The van der Waals surface area contributed by atoms with Crippen LogP contribution in [0.2, 0.25) is 5.02 Å². The molecule has 1 aromatic carbocycles. The van der Waals surface area contributed by atoms with E-state index in [1.165, 1.54) is 6.07 Å². The molecule has 2 heterocycles. The lowest BCUT2D eigenvalue weighted by atomic mass is 10.0. The van der Waals surface area contributed by atoms with E-state index in [2.05, 4.69) is 20.2 Å². The minimum absolute atomic E-state index is 0.140. The number of anilines is 1. The van der Waals surface area contributed by atoms with Crippen molar-refractivity contribution < 1.29 is 4.39 Å². The average molecular weight is 321 g/mol. The minimum atomic E-state index is -0.140. The first-order valence-corrected chi connectivity index (χ1v) is 7.78. The number of likely N-dealkylation sites (tertiary alicyclic amines) is 1. The second kappa shape index (κ2) is 7.03. The molecule has 1 atom stereocenters. The Labute approximate surface area is 134 Å². The largest absolute Gasteiger partial charge is 0.350 e. The van der Waals surface area contributed by atoms with Gasteiger partial charge in [0.05, 0.1) is 17.4 Å². The van der Waals surface area contributed by atoms with Gasteiger partial charge in [0.25, 0.3) is 0 Å². The highest BCUT2D eigenvalue weighted by atomic mass is 35.5. The average Bonchev–Trinajstić information content (AvgIpc) is 2.52. The Balaban J connectivity index is 1.59. The molecule has 1 fully saturated rings.